The fourth-order valence-electron chi connectivity index (χ4n) is 16.5. The van der Waals surface area contributed by atoms with Crippen LogP contribution >= 0.6 is 0 Å². The maximum Gasteiger partial charge on any atom is 0.302 e. The van der Waals surface area contributed by atoms with E-state index in [-0.39, 0.29) is 57.6 Å². The van der Waals surface area contributed by atoms with Gasteiger partial charge in [0.25, 0.3) is 0 Å². The fourth-order valence-corrected chi connectivity index (χ4v) is 16.5. The lowest BCUT2D eigenvalue weighted by Crippen LogP contribution is -2.75. The number of carbonyl (C=O) groups is 1. The van der Waals surface area contributed by atoms with Crippen LogP contribution in [0.25, 0.3) is 0 Å². The highest BCUT2D eigenvalue weighted by atomic mass is 16.8. The van der Waals surface area contributed by atoms with Gasteiger partial charge in [-0.3, -0.25) is 4.79 Å². The van der Waals surface area contributed by atoms with Gasteiger partial charge in [0.15, 0.2) is 18.9 Å². The van der Waals surface area contributed by atoms with E-state index in [1.807, 2.05) is 0 Å². The summed E-state index contributed by atoms with van der Waals surface area (Å²) < 4.78 is 49.0. The molecule has 2 bridgehead atoms. The molecule has 9 rings (SSSR count). The van der Waals surface area contributed by atoms with Gasteiger partial charge in [0, 0.05) is 18.3 Å². The quantitative estimate of drug-likeness (QED) is 0.119. The molecule has 0 aromatic rings. The summed E-state index contributed by atoms with van der Waals surface area (Å²) in [6.45, 7) is 16.7. The van der Waals surface area contributed by atoms with Crippen molar-refractivity contribution < 1.29 is 88.6 Å². The Bertz CT molecular complexity index is 1800. The second-order valence-corrected chi connectivity index (χ2v) is 24.1. The molecule has 18 heteroatoms. The van der Waals surface area contributed by atoms with Crippen molar-refractivity contribution in [1.82, 2.24) is 0 Å². The van der Waals surface area contributed by atoms with Gasteiger partial charge in [-0.2, -0.15) is 0 Å². The van der Waals surface area contributed by atoms with Crippen molar-refractivity contribution in [1.29, 1.82) is 0 Å². The van der Waals surface area contributed by atoms with Crippen LogP contribution in [-0.2, 0) is 42.7 Å². The third-order valence-corrected chi connectivity index (χ3v) is 20.0. The van der Waals surface area contributed by atoms with Gasteiger partial charge >= 0.3 is 5.97 Å². The summed E-state index contributed by atoms with van der Waals surface area (Å²) in [5, 5.41) is 97.8. The molecule has 0 aromatic carbocycles. The topological polar surface area (TPSA) is 273 Å². The molecular formula is C48H78O18. The summed E-state index contributed by atoms with van der Waals surface area (Å²) in [5.74, 6) is 0.292. The van der Waals surface area contributed by atoms with Gasteiger partial charge in [0.1, 0.15) is 67.1 Å². The molecule has 9 N–H and O–H groups in total. The van der Waals surface area contributed by atoms with Gasteiger partial charge in [-0.1, -0.05) is 48.5 Å². The van der Waals surface area contributed by atoms with Crippen molar-refractivity contribution in [3.05, 3.63) is 0 Å². The first-order valence-electron chi connectivity index (χ1n) is 24.5. The molecule has 0 amide bonds. The van der Waals surface area contributed by atoms with Gasteiger partial charge in [-0.25, -0.2) is 0 Å². The van der Waals surface area contributed by atoms with Crippen molar-refractivity contribution in [2.75, 3.05) is 26.4 Å². The molecule has 0 unspecified atom stereocenters. The first kappa shape index (κ1) is 49.8. The summed E-state index contributed by atoms with van der Waals surface area (Å²) in [5.41, 5.74) is -2.16. The Morgan fingerprint density at radius 2 is 1.32 bits per heavy atom. The predicted molar refractivity (Wildman–Crippen MR) is 228 cm³/mol. The standard InChI is InChI=1S/C48H78O18/c1-22(50)62-31-17-42(2,3)15-28-47(31)21-61-48(28)14-10-27-44(6)12-11-30(43(4,5)26(44)9-13-45(27,7)46(48,8)16-29(47)52)65-39-37(58)34(55)25(20-60-39)64-41-38(35(56)33(54)24(18-49)63-41)66-40-36(57)32(53)23(51)19-59-40/h23-41,49,51-58H,9-21H2,1-8H3/t23-,24-,25+,26+,27-,28-,29-,30+,31+,32+,33-,34+,35+,36-,37-,38-,39+,40+,41+,44+,45-,46+,47+,48+/m1/s1. The van der Waals surface area contributed by atoms with E-state index >= 15 is 0 Å². The molecule has 4 heterocycles. The summed E-state index contributed by atoms with van der Waals surface area (Å²) in [4.78, 5) is 12.5. The van der Waals surface area contributed by atoms with E-state index in [9.17, 15) is 50.8 Å². The van der Waals surface area contributed by atoms with Gasteiger partial charge in [0.05, 0.1) is 49.7 Å². The lowest BCUT2D eigenvalue weighted by atomic mass is 9.30. The largest absolute Gasteiger partial charge is 0.462 e. The van der Waals surface area contributed by atoms with Crippen LogP contribution in [0, 0.1) is 50.2 Å². The Labute approximate surface area is 387 Å². The Hall–Kier alpha value is -1.17. The number of rotatable bonds is 8. The lowest BCUT2D eigenvalue weighted by molar-refractivity contribution is -0.378. The summed E-state index contributed by atoms with van der Waals surface area (Å²) in [6, 6.07) is 0. The molecule has 66 heavy (non-hydrogen) atoms. The Morgan fingerprint density at radius 3 is 2.02 bits per heavy atom. The van der Waals surface area contributed by atoms with E-state index in [1.165, 1.54) is 6.92 Å². The molecule has 5 aliphatic carbocycles. The number of ether oxygens (including phenoxy) is 8. The van der Waals surface area contributed by atoms with Crippen LogP contribution in [0.4, 0.5) is 0 Å². The molecule has 1 spiro atoms. The fraction of sp³-hybridized carbons (Fsp3) is 0.979. The number of aliphatic hydroxyl groups is 9. The van der Waals surface area contributed by atoms with Crippen LogP contribution in [0.1, 0.15) is 113 Å². The number of carbonyl (C=O) groups excluding carboxylic acids is 1. The van der Waals surface area contributed by atoms with Gasteiger partial charge in [-0.05, 0) is 91.3 Å². The molecule has 5 saturated carbocycles. The third-order valence-electron chi connectivity index (χ3n) is 20.0. The first-order chi connectivity index (χ1) is 30.8. The van der Waals surface area contributed by atoms with E-state index in [4.69, 9.17) is 37.9 Å². The zero-order valence-electron chi connectivity index (χ0n) is 39.9. The maximum atomic E-state index is 12.5. The molecule has 0 aromatic heterocycles. The van der Waals surface area contributed by atoms with Crippen molar-refractivity contribution in [2.45, 2.75) is 217 Å². The molecule has 24 atom stereocenters. The summed E-state index contributed by atoms with van der Waals surface area (Å²) >= 11 is 0. The van der Waals surface area contributed by atoms with Gasteiger partial charge in [0.2, 0.25) is 0 Å². The summed E-state index contributed by atoms with van der Waals surface area (Å²) in [7, 11) is 0. The minimum Gasteiger partial charge on any atom is -0.462 e. The highest BCUT2D eigenvalue weighted by molar-refractivity contribution is 5.66. The average Bonchev–Trinajstić information content (AvgIpc) is 3.52. The van der Waals surface area contributed by atoms with E-state index in [1.54, 1.807) is 0 Å². The normalized spacial score (nSPS) is 56.3. The van der Waals surface area contributed by atoms with Crippen molar-refractivity contribution in [3.8, 4) is 0 Å². The minimum atomic E-state index is -1.76. The molecule has 0 radical (unpaired) electrons. The van der Waals surface area contributed by atoms with E-state index in [2.05, 4.69) is 48.5 Å². The molecule has 9 aliphatic rings. The number of hydrogen-bond acceptors (Lipinski definition) is 18. The number of fused-ring (bicyclic) bond motifs is 4. The third kappa shape index (κ3) is 7.19. The smallest absolute Gasteiger partial charge is 0.302 e. The van der Waals surface area contributed by atoms with Gasteiger partial charge in [-0.15, -0.1) is 0 Å². The SMILES string of the molecule is CC(=O)O[C@H]1CC(C)(C)C[C@@H]2[C@]13CO[C@@]21CC[C@@H]2[C@@]4(C)CC[C@H](O[C@@H]5OC[C@H](O[C@@H]6O[C@H](CO)[C@@H](O)[C@H](O)[C@H]6O[C@@H]6OC[C@@H](O)[C@H](O)[C@H]6O)[C@H](O)[C@H]5O)C(C)(C)[C@@H]4CC[C@@]2(C)[C@]1(C)C[C@H]3O. The zero-order chi connectivity index (χ0) is 47.9. The number of esters is 1. The predicted octanol–water partition coefficient (Wildman–Crippen LogP) is 0.645. The monoisotopic (exact) mass is 943 g/mol. The first-order valence-corrected chi connectivity index (χ1v) is 24.5. The van der Waals surface area contributed by atoms with Crippen LogP contribution in [0.2, 0.25) is 0 Å². The Kier molecular flexibility index (Phi) is 12.8. The minimum absolute atomic E-state index is 0.0518. The number of hydrogen-bond donors (Lipinski definition) is 9. The second kappa shape index (κ2) is 17.0. The van der Waals surface area contributed by atoms with Crippen molar-refractivity contribution in [3.63, 3.8) is 0 Å². The highest BCUT2D eigenvalue weighted by Crippen LogP contribution is 2.80. The molecule has 378 valence electrons. The van der Waals surface area contributed by atoms with Crippen LogP contribution in [0.5, 0.6) is 0 Å². The average molecular weight is 943 g/mol. The van der Waals surface area contributed by atoms with Crippen LogP contribution in [0.3, 0.4) is 0 Å². The van der Waals surface area contributed by atoms with E-state index in [0.29, 0.717) is 31.8 Å². The van der Waals surface area contributed by atoms with Crippen LogP contribution in [0.15, 0.2) is 0 Å². The Morgan fingerprint density at radius 1 is 0.652 bits per heavy atom. The van der Waals surface area contributed by atoms with Crippen LogP contribution < -0.4 is 0 Å². The molecule has 9 fully saturated rings. The molecule has 18 nitrogen and oxygen atoms in total. The molecule has 4 saturated heterocycles. The maximum absolute atomic E-state index is 12.5. The zero-order valence-corrected chi connectivity index (χ0v) is 39.9. The number of aliphatic hydroxyl groups excluding tert-OH is 9. The van der Waals surface area contributed by atoms with E-state index in [0.717, 1.165) is 38.5 Å². The van der Waals surface area contributed by atoms with Crippen LogP contribution in [-0.4, -0.2) is 182 Å². The van der Waals surface area contributed by atoms with Gasteiger partial charge < -0.3 is 83.9 Å². The summed E-state index contributed by atoms with van der Waals surface area (Å²) in [6.07, 6.45) is -13.9. The lowest BCUT2D eigenvalue weighted by Gasteiger charge is -2.75. The molecule has 4 aliphatic heterocycles. The van der Waals surface area contributed by atoms with Crippen molar-refractivity contribution in [2.24, 2.45) is 50.2 Å². The molecular weight excluding hydrogens is 865 g/mol. The Balaban J connectivity index is 0.888. The van der Waals surface area contributed by atoms with Crippen molar-refractivity contribution >= 4 is 5.97 Å². The second-order valence-electron chi connectivity index (χ2n) is 24.1. The van der Waals surface area contributed by atoms with E-state index < -0.39 is 116 Å². The highest BCUT2D eigenvalue weighted by Gasteiger charge is 2.82.